The highest BCUT2D eigenvalue weighted by Gasteiger charge is 2.39. The Morgan fingerprint density at radius 1 is 1.22 bits per heavy atom. The molecular weight excluding hydrogens is 290 g/mol. The Kier molecular flexibility index (Phi) is 3.26. The molecule has 0 radical (unpaired) electrons. The minimum atomic E-state index is -0.187. The summed E-state index contributed by atoms with van der Waals surface area (Å²) in [7, 11) is 0. The number of urea groups is 1. The van der Waals surface area contributed by atoms with Crippen LogP contribution in [0, 0.1) is 6.92 Å². The van der Waals surface area contributed by atoms with Crippen molar-refractivity contribution in [2.45, 2.75) is 25.3 Å². The number of carbonyl (C=O) groups excluding carboxylic acids is 1. The molecule has 2 aromatic carbocycles. The summed E-state index contributed by atoms with van der Waals surface area (Å²) in [6, 6.07) is 15.7. The van der Waals surface area contributed by atoms with Crippen LogP contribution in [0.5, 0.6) is 0 Å². The van der Waals surface area contributed by atoms with Gasteiger partial charge in [-0.1, -0.05) is 30.3 Å². The molecule has 1 aliphatic carbocycles. The minimum absolute atomic E-state index is 0.187. The molecule has 0 bridgehead atoms. The number of benzene rings is 2. The number of nitrogens with zero attached hydrogens (tertiary/aromatic N) is 1. The Hall–Kier alpha value is -2.82. The Labute approximate surface area is 133 Å². The summed E-state index contributed by atoms with van der Waals surface area (Å²) in [5.74, 6) is 1.04. The molecule has 1 heterocycles. The largest absolute Gasteiger partial charge is 0.441 e. The molecule has 0 saturated heterocycles. The first kappa shape index (κ1) is 13.8. The number of nitrogens with one attached hydrogen (secondary N) is 2. The molecule has 3 aromatic rings. The van der Waals surface area contributed by atoms with Crippen LogP contribution >= 0.6 is 0 Å². The van der Waals surface area contributed by atoms with E-state index in [4.69, 9.17) is 4.42 Å². The van der Waals surface area contributed by atoms with E-state index in [0.717, 1.165) is 17.5 Å². The third-order valence-corrected chi connectivity index (χ3v) is 4.09. The first-order valence-electron chi connectivity index (χ1n) is 7.69. The molecule has 23 heavy (non-hydrogen) atoms. The predicted octanol–water partition coefficient (Wildman–Crippen LogP) is 3.81. The maximum absolute atomic E-state index is 12.1. The first-order valence-corrected chi connectivity index (χ1v) is 7.69. The standard InChI is InChI=1S/C18H17N3O2/c1-11-19-16-9-13(7-8-17(16)23-11)20-18(22)21-15-10-14(15)12-5-3-2-4-6-12/h2-9,14-15H,10H2,1H3,(H2,20,21,22)/t14-,15+/m1/s1. The van der Waals surface area contributed by atoms with Gasteiger partial charge in [-0.3, -0.25) is 0 Å². The van der Waals surface area contributed by atoms with Crippen LogP contribution in [-0.4, -0.2) is 17.1 Å². The normalized spacial score (nSPS) is 19.5. The smallest absolute Gasteiger partial charge is 0.319 e. The zero-order valence-electron chi connectivity index (χ0n) is 12.7. The van der Waals surface area contributed by atoms with E-state index in [2.05, 4.69) is 27.8 Å². The summed E-state index contributed by atoms with van der Waals surface area (Å²) in [4.78, 5) is 16.4. The van der Waals surface area contributed by atoms with E-state index in [-0.39, 0.29) is 12.1 Å². The van der Waals surface area contributed by atoms with Gasteiger partial charge in [0.25, 0.3) is 0 Å². The molecule has 2 amide bonds. The van der Waals surface area contributed by atoms with Crippen LogP contribution in [0.4, 0.5) is 10.5 Å². The van der Waals surface area contributed by atoms with Gasteiger partial charge >= 0.3 is 6.03 Å². The van der Waals surface area contributed by atoms with E-state index in [1.165, 1.54) is 5.56 Å². The monoisotopic (exact) mass is 307 g/mol. The van der Waals surface area contributed by atoms with Gasteiger partial charge in [0.1, 0.15) is 5.52 Å². The number of hydrogen-bond acceptors (Lipinski definition) is 3. The fourth-order valence-electron chi connectivity index (χ4n) is 2.88. The molecule has 0 spiro atoms. The predicted molar refractivity (Wildman–Crippen MR) is 88.5 cm³/mol. The Morgan fingerprint density at radius 3 is 2.87 bits per heavy atom. The van der Waals surface area contributed by atoms with Crippen LogP contribution < -0.4 is 10.6 Å². The highest BCUT2D eigenvalue weighted by atomic mass is 16.3. The maximum atomic E-state index is 12.1. The Bertz CT molecular complexity index is 857. The van der Waals surface area contributed by atoms with Crippen LogP contribution in [-0.2, 0) is 0 Å². The van der Waals surface area contributed by atoms with Gasteiger partial charge in [-0.15, -0.1) is 0 Å². The van der Waals surface area contributed by atoms with Crippen molar-refractivity contribution in [3.63, 3.8) is 0 Å². The Morgan fingerprint density at radius 2 is 2.04 bits per heavy atom. The third kappa shape index (κ3) is 2.90. The molecule has 2 N–H and O–H groups in total. The Balaban J connectivity index is 1.38. The highest BCUT2D eigenvalue weighted by molar-refractivity contribution is 5.92. The van der Waals surface area contributed by atoms with Crippen molar-refractivity contribution >= 4 is 22.8 Å². The van der Waals surface area contributed by atoms with Crippen molar-refractivity contribution in [3.8, 4) is 0 Å². The van der Waals surface area contributed by atoms with E-state index in [1.54, 1.807) is 6.92 Å². The van der Waals surface area contributed by atoms with Crippen molar-refractivity contribution in [1.29, 1.82) is 0 Å². The van der Waals surface area contributed by atoms with Gasteiger partial charge in [-0.25, -0.2) is 9.78 Å². The van der Waals surface area contributed by atoms with E-state index in [9.17, 15) is 4.79 Å². The molecule has 5 heteroatoms. The lowest BCUT2D eigenvalue weighted by molar-refractivity contribution is 0.251. The van der Waals surface area contributed by atoms with Crippen LogP contribution in [0.3, 0.4) is 0 Å². The molecule has 1 aliphatic rings. The van der Waals surface area contributed by atoms with Gasteiger partial charge in [-0.2, -0.15) is 0 Å². The summed E-state index contributed by atoms with van der Waals surface area (Å²) in [5, 5.41) is 5.87. The first-order chi connectivity index (χ1) is 11.2. The van der Waals surface area contributed by atoms with Crippen molar-refractivity contribution < 1.29 is 9.21 Å². The van der Waals surface area contributed by atoms with Gasteiger partial charge in [0.15, 0.2) is 11.5 Å². The van der Waals surface area contributed by atoms with Crippen LogP contribution in [0.2, 0.25) is 0 Å². The second-order valence-corrected chi connectivity index (χ2v) is 5.87. The van der Waals surface area contributed by atoms with E-state index in [1.807, 2.05) is 36.4 Å². The van der Waals surface area contributed by atoms with Crippen LogP contribution in [0.1, 0.15) is 23.8 Å². The summed E-state index contributed by atoms with van der Waals surface area (Å²) in [5.41, 5.74) is 3.45. The highest BCUT2D eigenvalue weighted by Crippen LogP contribution is 2.40. The molecule has 116 valence electrons. The van der Waals surface area contributed by atoms with Crippen LogP contribution in [0.15, 0.2) is 52.9 Å². The average Bonchev–Trinajstić information content (AvgIpc) is 3.19. The van der Waals surface area contributed by atoms with Gasteiger partial charge < -0.3 is 15.1 Å². The number of fused-ring (bicyclic) bond motifs is 1. The fraction of sp³-hybridized carbons (Fsp3) is 0.222. The van der Waals surface area contributed by atoms with Crippen molar-refractivity contribution in [3.05, 3.63) is 60.0 Å². The molecular formula is C18H17N3O2. The van der Waals surface area contributed by atoms with Gasteiger partial charge in [0.05, 0.1) is 0 Å². The molecule has 1 aromatic heterocycles. The second-order valence-electron chi connectivity index (χ2n) is 5.87. The summed E-state index contributed by atoms with van der Waals surface area (Å²) >= 11 is 0. The number of oxazole rings is 1. The molecule has 2 atom stereocenters. The molecule has 0 aliphatic heterocycles. The maximum Gasteiger partial charge on any atom is 0.319 e. The molecule has 1 fully saturated rings. The third-order valence-electron chi connectivity index (χ3n) is 4.09. The molecule has 5 nitrogen and oxygen atoms in total. The zero-order chi connectivity index (χ0) is 15.8. The summed E-state index contributed by atoms with van der Waals surface area (Å²) in [6.07, 6.45) is 0.985. The van der Waals surface area contributed by atoms with E-state index < -0.39 is 0 Å². The number of hydrogen-bond donors (Lipinski definition) is 2. The fourth-order valence-corrected chi connectivity index (χ4v) is 2.88. The number of rotatable bonds is 3. The average molecular weight is 307 g/mol. The number of amides is 2. The van der Waals surface area contributed by atoms with Crippen LogP contribution in [0.25, 0.3) is 11.1 Å². The number of anilines is 1. The lowest BCUT2D eigenvalue weighted by Gasteiger charge is -2.07. The van der Waals surface area contributed by atoms with E-state index in [0.29, 0.717) is 17.5 Å². The van der Waals surface area contributed by atoms with Gasteiger partial charge in [0.2, 0.25) is 0 Å². The summed E-state index contributed by atoms with van der Waals surface area (Å²) in [6.45, 7) is 1.80. The zero-order valence-corrected chi connectivity index (χ0v) is 12.7. The molecule has 4 rings (SSSR count). The minimum Gasteiger partial charge on any atom is -0.441 e. The van der Waals surface area contributed by atoms with Gasteiger partial charge in [-0.05, 0) is 30.2 Å². The molecule has 0 unspecified atom stereocenters. The number of carbonyl (C=O) groups is 1. The SMILES string of the molecule is Cc1nc2cc(NC(=O)N[C@H]3C[C@@H]3c3ccccc3)ccc2o1. The lowest BCUT2D eigenvalue weighted by atomic mass is 10.1. The molecule has 1 saturated carbocycles. The summed E-state index contributed by atoms with van der Waals surface area (Å²) < 4.78 is 5.43. The number of aromatic nitrogens is 1. The van der Waals surface area contributed by atoms with Gasteiger partial charge in [0, 0.05) is 24.6 Å². The van der Waals surface area contributed by atoms with Crippen molar-refractivity contribution in [1.82, 2.24) is 10.3 Å². The topological polar surface area (TPSA) is 67.2 Å². The lowest BCUT2D eigenvalue weighted by Crippen LogP contribution is -2.31. The quantitative estimate of drug-likeness (QED) is 0.773. The number of aryl methyl sites for hydroxylation is 1. The second kappa shape index (κ2) is 5.43. The van der Waals surface area contributed by atoms with Crippen molar-refractivity contribution in [2.75, 3.05) is 5.32 Å². The van der Waals surface area contributed by atoms with E-state index >= 15 is 0 Å². The van der Waals surface area contributed by atoms with Crippen molar-refractivity contribution in [2.24, 2.45) is 0 Å².